The maximum absolute atomic E-state index is 4.65. The lowest BCUT2D eigenvalue weighted by Crippen LogP contribution is -2.18. The zero-order valence-corrected chi connectivity index (χ0v) is 10.9. The molecule has 0 amide bonds. The van der Waals surface area contributed by atoms with E-state index in [-0.39, 0.29) is 20.8 Å². The van der Waals surface area contributed by atoms with Gasteiger partial charge in [-0.2, -0.15) is 0 Å². The standard InChI is InChI=1S/C11H23NS/c1-9(10(2,3)4)12-13(8)11(5,6)7/h8H2,1-7H3/b12-9-. The second kappa shape index (κ2) is 3.95. The third-order valence-corrected chi connectivity index (χ3v) is 3.95. The van der Waals surface area contributed by atoms with Crippen LogP contribution >= 0.6 is 10.7 Å². The Morgan fingerprint density at radius 3 is 1.69 bits per heavy atom. The van der Waals surface area contributed by atoms with Crippen LogP contribution in [0, 0.1) is 5.41 Å². The van der Waals surface area contributed by atoms with Crippen LogP contribution in [0.5, 0.6) is 0 Å². The minimum Gasteiger partial charge on any atom is -0.233 e. The average molecular weight is 201 g/mol. The van der Waals surface area contributed by atoms with Crippen molar-refractivity contribution in [3.8, 4) is 0 Å². The van der Waals surface area contributed by atoms with E-state index < -0.39 is 0 Å². The van der Waals surface area contributed by atoms with E-state index in [0.29, 0.717) is 0 Å². The molecule has 0 aliphatic heterocycles. The summed E-state index contributed by atoms with van der Waals surface area (Å²) in [5, 5.41) is 0. The molecule has 1 nitrogen and oxygen atoms in total. The van der Waals surface area contributed by atoms with Gasteiger partial charge < -0.3 is 0 Å². The molecule has 0 aromatic carbocycles. The lowest BCUT2D eigenvalue weighted by atomic mass is 9.91. The van der Waals surface area contributed by atoms with Gasteiger partial charge >= 0.3 is 0 Å². The molecule has 0 radical (unpaired) electrons. The second-order valence-corrected chi connectivity index (χ2v) is 7.54. The molecule has 0 saturated heterocycles. The van der Waals surface area contributed by atoms with Crippen LogP contribution in [0.1, 0.15) is 48.5 Å². The molecule has 0 N–H and O–H groups in total. The summed E-state index contributed by atoms with van der Waals surface area (Å²) >= 11 is 0. The van der Waals surface area contributed by atoms with Crippen molar-refractivity contribution in [2.45, 2.75) is 53.2 Å². The quantitative estimate of drug-likeness (QED) is 0.450. The van der Waals surface area contributed by atoms with Gasteiger partial charge in [0.15, 0.2) is 0 Å². The highest BCUT2D eigenvalue weighted by Crippen LogP contribution is 2.32. The molecule has 2 heteroatoms. The van der Waals surface area contributed by atoms with E-state index in [0.717, 1.165) is 0 Å². The first-order chi connectivity index (χ1) is 5.55. The van der Waals surface area contributed by atoms with E-state index in [1.54, 1.807) is 0 Å². The van der Waals surface area contributed by atoms with Crippen molar-refractivity contribution in [1.82, 2.24) is 0 Å². The van der Waals surface area contributed by atoms with Crippen molar-refractivity contribution >= 4 is 22.3 Å². The topological polar surface area (TPSA) is 12.4 Å². The lowest BCUT2D eigenvalue weighted by Gasteiger charge is -2.24. The highest BCUT2D eigenvalue weighted by atomic mass is 32.2. The van der Waals surface area contributed by atoms with E-state index in [4.69, 9.17) is 0 Å². The molecule has 0 bridgehead atoms. The molecular formula is C11H23NS. The predicted molar refractivity (Wildman–Crippen MR) is 67.0 cm³/mol. The molecule has 0 fully saturated rings. The molecular weight excluding hydrogens is 178 g/mol. The first kappa shape index (κ1) is 12.9. The van der Waals surface area contributed by atoms with Crippen molar-refractivity contribution in [3.05, 3.63) is 0 Å². The lowest BCUT2D eigenvalue weighted by molar-refractivity contribution is 0.589. The van der Waals surface area contributed by atoms with Gasteiger partial charge in [-0.05, 0) is 27.7 Å². The summed E-state index contributed by atoms with van der Waals surface area (Å²) in [5.41, 5.74) is 1.37. The van der Waals surface area contributed by atoms with Crippen molar-refractivity contribution in [1.29, 1.82) is 0 Å². The summed E-state index contributed by atoms with van der Waals surface area (Å²) in [4.78, 5) is 0. The summed E-state index contributed by atoms with van der Waals surface area (Å²) in [6.45, 7) is 15.2. The van der Waals surface area contributed by atoms with E-state index >= 15 is 0 Å². The number of hydrogen-bond donors (Lipinski definition) is 0. The highest BCUT2D eigenvalue weighted by Gasteiger charge is 2.18. The Balaban J connectivity index is 4.70. The molecule has 0 heterocycles. The van der Waals surface area contributed by atoms with Gasteiger partial charge in [-0.1, -0.05) is 37.3 Å². The summed E-state index contributed by atoms with van der Waals surface area (Å²) in [5.74, 6) is 4.10. The van der Waals surface area contributed by atoms with Gasteiger partial charge in [0.2, 0.25) is 0 Å². The second-order valence-electron chi connectivity index (χ2n) is 5.40. The molecule has 1 unspecified atom stereocenters. The van der Waals surface area contributed by atoms with Crippen LogP contribution in [0.2, 0.25) is 0 Å². The molecule has 0 aromatic rings. The van der Waals surface area contributed by atoms with Crippen molar-refractivity contribution in [2.75, 3.05) is 0 Å². The summed E-state index contributed by atoms with van der Waals surface area (Å²) in [7, 11) is -0.126. The Hall–Kier alpha value is -0.110. The largest absolute Gasteiger partial charge is 0.233 e. The first-order valence-electron chi connectivity index (χ1n) is 4.65. The molecule has 0 aliphatic carbocycles. The number of nitrogens with zero attached hydrogens (tertiary/aromatic N) is 1. The van der Waals surface area contributed by atoms with Gasteiger partial charge in [0.1, 0.15) is 0 Å². The normalized spacial score (nSPS) is 17.3. The zero-order valence-electron chi connectivity index (χ0n) is 10.1. The Morgan fingerprint density at radius 1 is 1.08 bits per heavy atom. The Kier molecular flexibility index (Phi) is 3.92. The summed E-state index contributed by atoms with van der Waals surface area (Å²) in [6.07, 6.45) is 0. The van der Waals surface area contributed by atoms with Crippen molar-refractivity contribution in [2.24, 2.45) is 9.81 Å². The molecule has 1 atom stereocenters. The van der Waals surface area contributed by atoms with Crippen LogP contribution < -0.4 is 0 Å². The predicted octanol–water partition coefficient (Wildman–Crippen LogP) is 3.91. The average Bonchev–Trinajstić information content (AvgIpc) is 1.82. The molecule has 78 valence electrons. The maximum atomic E-state index is 4.65. The molecule has 0 saturated carbocycles. The van der Waals surface area contributed by atoms with E-state index in [1.807, 2.05) is 0 Å². The maximum Gasteiger partial charge on any atom is 0.0278 e. The third-order valence-electron chi connectivity index (χ3n) is 2.04. The van der Waals surface area contributed by atoms with Gasteiger partial charge in [-0.15, -0.1) is 0 Å². The van der Waals surface area contributed by atoms with Crippen molar-refractivity contribution in [3.63, 3.8) is 0 Å². The minimum absolute atomic E-state index is 0.126. The van der Waals surface area contributed by atoms with E-state index in [9.17, 15) is 0 Å². The molecule has 0 spiro atoms. The zero-order chi connectivity index (χ0) is 10.9. The first-order valence-corrected chi connectivity index (χ1v) is 6.00. The van der Waals surface area contributed by atoms with Crippen LogP contribution in [-0.4, -0.2) is 16.3 Å². The monoisotopic (exact) mass is 201 g/mol. The molecule has 0 aliphatic rings. The summed E-state index contributed by atoms with van der Waals surface area (Å²) in [6, 6.07) is 0. The van der Waals surface area contributed by atoms with E-state index in [2.05, 4.69) is 58.7 Å². The molecule has 13 heavy (non-hydrogen) atoms. The fourth-order valence-electron chi connectivity index (χ4n) is 0.439. The fraction of sp³-hybridized carbons (Fsp3) is 0.818. The minimum atomic E-state index is -0.126. The van der Waals surface area contributed by atoms with Crippen LogP contribution in [0.4, 0.5) is 0 Å². The van der Waals surface area contributed by atoms with Crippen LogP contribution in [0.3, 0.4) is 0 Å². The van der Waals surface area contributed by atoms with E-state index in [1.165, 1.54) is 5.71 Å². The number of hydrogen-bond acceptors (Lipinski definition) is 1. The van der Waals surface area contributed by atoms with Crippen molar-refractivity contribution < 1.29 is 0 Å². The van der Waals surface area contributed by atoms with Gasteiger partial charge in [-0.3, -0.25) is 0 Å². The SMILES string of the molecule is C=S(/N=C(/C)C(C)(C)C)C(C)(C)C. The van der Waals surface area contributed by atoms with Crippen LogP contribution in [0.25, 0.3) is 0 Å². The van der Waals surface area contributed by atoms with Crippen LogP contribution in [0.15, 0.2) is 4.40 Å². The van der Waals surface area contributed by atoms with Gasteiger partial charge in [0.05, 0.1) is 0 Å². The Bertz CT molecular complexity index is 225. The van der Waals surface area contributed by atoms with Crippen LogP contribution in [-0.2, 0) is 0 Å². The fourth-order valence-corrected chi connectivity index (χ4v) is 1.32. The smallest absolute Gasteiger partial charge is 0.0278 e. The molecule has 0 aromatic heterocycles. The Morgan fingerprint density at radius 2 is 1.46 bits per heavy atom. The Labute approximate surface area is 85.7 Å². The molecule has 0 rings (SSSR count). The summed E-state index contributed by atoms with van der Waals surface area (Å²) < 4.78 is 4.84. The van der Waals surface area contributed by atoms with Gasteiger partial charge in [0.25, 0.3) is 0 Å². The highest BCUT2D eigenvalue weighted by molar-refractivity contribution is 8.14. The van der Waals surface area contributed by atoms with Gasteiger partial charge in [-0.25, -0.2) is 4.40 Å². The van der Waals surface area contributed by atoms with Gasteiger partial charge in [0, 0.05) is 15.9 Å². The number of rotatable bonds is 1. The third kappa shape index (κ3) is 4.61.